The van der Waals surface area contributed by atoms with Gasteiger partial charge in [-0.3, -0.25) is 4.79 Å². The Morgan fingerprint density at radius 3 is 2.52 bits per heavy atom. The number of carbonyl (C=O) groups excluding carboxylic acids is 1. The Morgan fingerprint density at radius 1 is 1.22 bits per heavy atom. The second-order valence-electron chi connectivity index (χ2n) is 5.38. The first-order valence-electron chi connectivity index (χ1n) is 7.33. The lowest BCUT2D eigenvalue weighted by Crippen LogP contribution is -2.52. The number of benzene rings is 1. The molecule has 2 N–H and O–H groups in total. The number of hydrogen-bond donors (Lipinski definition) is 2. The highest BCUT2D eigenvalue weighted by molar-refractivity contribution is 5.95. The Hall–Kier alpha value is -2.76. The van der Waals surface area contributed by atoms with E-state index >= 15 is 0 Å². The van der Waals surface area contributed by atoms with Gasteiger partial charge in [0.05, 0.1) is 0 Å². The zero-order valence-corrected chi connectivity index (χ0v) is 13.0. The van der Waals surface area contributed by atoms with E-state index in [9.17, 15) is 14.7 Å². The number of ether oxygens (including phenoxy) is 1. The average Bonchev–Trinajstić information content (AvgIpc) is 2.97. The second kappa shape index (κ2) is 7.00. The number of nitrogens with one attached hydrogen (secondary N) is 1. The van der Waals surface area contributed by atoms with Gasteiger partial charge in [-0.15, -0.1) is 0 Å². The monoisotopic (exact) mass is 317 g/mol. The van der Waals surface area contributed by atoms with Crippen LogP contribution in [0.25, 0.3) is 0 Å². The first kappa shape index (κ1) is 16.6. The minimum atomic E-state index is -1.33. The van der Waals surface area contributed by atoms with Crippen molar-refractivity contribution in [2.75, 3.05) is 0 Å². The van der Waals surface area contributed by atoms with E-state index in [0.29, 0.717) is 18.6 Å². The summed E-state index contributed by atoms with van der Waals surface area (Å²) in [6, 6.07) is 12.0. The molecule has 122 valence electrons. The predicted octanol–water partition coefficient (Wildman–Crippen LogP) is 3.45. The van der Waals surface area contributed by atoms with Crippen LogP contribution < -0.4 is 10.1 Å². The van der Waals surface area contributed by atoms with Gasteiger partial charge in [-0.05, 0) is 31.5 Å². The lowest BCUT2D eigenvalue weighted by Gasteiger charge is -2.25. The van der Waals surface area contributed by atoms with Crippen molar-refractivity contribution in [3.63, 3.8) is 0 Å². The average molecular weight is 317 g/mol. The van der Waals surface area contributed by atoms with Crippen molar-refractivity contribution in [3.8, 4) is 11.7 Å². The molecule has 0 fully saturated rings. The summed E-state index contributed by atoms with van der Waals surface area (Å²) in [5.74, 6) is -0.935. The molecule has 0 radical (unpaired) electrons. The molecular formula is C17H19NO5. The van der Waals surface area contributed by atoms with Crippen molar-refractivity contribution in [2.24, 2.45) is 0 Å². The number of aliphatic carboxylic acids is 1. The lowest BCUT2D eigenvalue weighted by molar-refractivity contribution is -0.144. The van der Waals surface area contributed by atoms with E-state index < -0.39 is 17.4 Å². The molecule has 1 aromatic carbocycles. The van der Waals surface area contributed by atoms with Crippen molar-refractivity contribution in [1.82, 2.24) is 5.32 Å². The van der Waals surface area contributed by atoms with Crippen molar-refractivity contribution in [2.45, 2.75) is 32.2 Å². The van der Waals surface area contributed by atoms with E-state index in [1.807, 2.05) is 25.1 Å². The molecule has 1 unspecified atom stereocenters. The van der Waals surface area contributed by atoms with E-state index in [4.69, 9.17) is 9.15 Å². The Morgan fingerprint density at radius 2 is 1.91 bits per heavy atom. The second-order valence-corrected chi connectivity index (χ2v) is 5.38. The van der Waals surface area contributed by atoms with Crippen molar-refractivity contribution in [3.05, 3.63) is 48.2 Å². The van der Waals surface area contributed by atoms with Crippen LogP contribution >= 0.6 is 0 Å². The molecule has 6 nitrogen and oxygen atoms in total. The van der Waals surface area contributed by atoms with E-state index in [2.05, 4.69) is 5.32 Å². The van der Waals surface area contributed by atoms with Crippen LogP contribution in [0.2, 0.25) is 0 Å². The zero-order valence-electron chi connectivity index (χ0n) is 13.0. The summed E-state index contributed by atoms with van der Waals surface area (Å²) in [7, 11) is 0. The Bertz CT molecular complexity index is 679. The molecule has 1 amide bonds. The van der Waals surface area contributed by atoms with Gasteiger partial charge in [-0.25, -0.2) is 4.79 Å². The van der Waals surface area contributed by atoms with Crippen LogP contribution in [0.3, 0.4) is 0 Å². The van der Waals surface area contributed by atoms with Crippen LogP contribution in [-0.4, -0.2) is 22.5 Å². The van der Waals surface area contributed by atoms with Gasteiger partial charge in [-0.2, -0.15) is 0 Å². The van der Waals surface area contributed by atoms with Crippen LogP contribution in [0.5, 0.6) is 11.7 Å². The van der Waals surface area contributed by atoms with Crippen LogP contribution in [0.15, 0.2) is 46.9 Å². The Labute approximate surface area is 134 Å². The molecule has 0 bridgehead atoms. The summed E-state index contributed by atoms with van der Waals surface area (Å²) in [6.07, 6.45) is 0.950. The number of para-hydroxylation sites is 1. The fourth-order valence-electron chi connectivity index (χ4n) is 2.14. The predicted molar refractivity (Wildman–Crippen MR) is 83.6 cm³/mol. The Kier molecular flexibility index (Phi) is 5.05. The maximum absolute atomic E-state index is 12.2. The molecule has 6 heteroatoms. The molecule has 0 saturated carbocycles. The zero-order chi connectivity index (χ0) is 16.9. The summed E-state index contributed by atoms with van der Waals surface area (Å²) in [6.45, 7) is 3.33. The van der Waals surface area contributed by atoms with Crippen molar-refractivity contribution in [1.29, 1.82) is 0 Å². The van der Waals surface area contributed by atoms with Crippen LogP contribution in [0.4, 0.5) is 0 Å². The van der Waals surface area contributed by atoms with E-state index in [-0.39, 0.29) is 11.7 Å². The first-order chi connectivity index (χ1) is 10.9. The minimum Gasteiger partial charge on any atom is -0.480 e. The van der Waals surface area contributed by atoms with Crippen molar-refractivity contribution < 1.29 is 23.8 Å². The summed E-state index contributed by atoms with van der Waals surface area (Å²) < 4.78 is 10.8. The number of rotatable bonds is 7. The summed E-state index contributed by atoms with van der Waals surface area (Å²) >= 11 is 0. The van der Waals surface area contributed by atoms with Gasteiger partial charge in [0.25, 0.3) is 11.9 Å². The smallest absolute Gasteiger partial charge is 0.329 e. The van der Waals surface area contributed by atoms with Gasteiger partial charge in [0, 0.05) is 6.07 Å². The topological polar surface area (TPSA) is 88.8 Å². The van der Waals surface area contributed by atoms with Crippen LogP contribution in [0.1, 0.15) is 37.2 Å². The number of carboxylic acid groups (broad SMARTS) is 1. The van der Waals surface area contributed by atoms with E-state index in [1.165, 1.54) is 19.1 Å². The fraction of sp³-hybridized carbons (Fsp3) is 0.294. The molecule has 0 aliphatic carbocycles. The van der Waals surface area contributed by atoms with Gasteiger partial charge >= 0.3 is 5.97 Å². The van der Waals surface area contributed by atoms with Gasteiger partial charge in [0.2, 0.25) is 0 Å². The highest BCUT2D eigenvalue weighted by atomic mass is 16.6. The molecule has 1 aromatic heterocycles. The molecule has 23 heavy (non-hydrogen) atoms. The quantitative estimate of drug-likeness (QED) is 0.816. The van der Waals surface area contributed by atoms with E-state index in [1.54, 1.807) is 12.1 Å². The van der Waals surface area contributed by atoms with Gasteiger partial charge in [-0.1, -0.05) is 31.5 Å². The molecule has 2 aromatic rings. The maximum Gasteiger partial charge on any atom is 0.329 e. The SMILES string of the molecule is CCCC(C)(NC(=O)c1ccc(Oc2ccccc2)o1)C(=O)O. The normalized spacial score (nSPS) is 13.1. The van der Waals surface area contributed by atoms with Gasteiger partial charge in [0.15, 0.2) is 5.76 Å². The largest absolute Gasteiger partial charge is 0.480 e. The third-order valence-corrected chi connectivity index (χ3v) is 3.38. The van der Waals surface area contributed by atoms with Gasteiger partial charge < -0.3 is 19.6 Å². The van der Waals surface area contributed by atoms with Gasteiger partial charge in [0.1, 0.15) is 11.3 Å². The summed E-state index contributed by atoms with van der Waals surface area (Å²) in [5.41, 5.74) is -1.33. The molecule has 0 spiro atoms. The number of carbonyl (C=O) groups is 2. The molecule has 0 saturated heterocycles. The summed E-state index contributed by atoms with van der Waals surface area (Å²) in [4.78, 5) is 23.5. The number of carboxylic acids is 1. The van der Waals surface area contributed by atoms with Crippen LogP contribution in [0, 0.1) is 0 Å². The maximum atomic E-state index is 12.2. The third-order valence-electron chi connectivity index (χ3n) is 3.38. The molecule has 1 heterocycles. The molecule has 0 aliphatic rings. The molecule has 0 aliphatic heterocycles. The van der Waals surface area contributed by atoms with Crippen LogP contribution in [-0.2, 0) is 4.79 Å². The highest BCUT2D eigenvalue weighted by Gasteiger charge is 2.34. The number of hydrogen-bond acceptors (Lipinski definition) is 4. The molecule has 2 rings (SSSR count). The van der Waals surface area contributed by atoms with E-state index in [0.717, 1.165) is 0 Å². The molecule has 1 atom stereocenters. The third kappa shape index (κ3) is 4.12. The number of furan rings is 1. The summed E-state index contributed by atoms with van der Waals surface area (Å²) in [5, 5.41) is 11.8. The fourth-order valence-corrected chi connectivity index (χ4v) is 2.14. The Balaban J connectivity index is 2.07. The van der Waals surface area contributed by atoms with Crippen molar-refractivity contribution >= 4 is 11.9 Å². The minimum absolute atomic E-state index is 0.000454. The standard InChI is InChI=1S/C17H19NO5/c1-3-11-17(2,16(20)21)18-15(19)13-9-10-14(23-13)22-12-7-5-4-6-8-12/h4-10H,3,11H2,1-2H3,(H,18,19)(H,20,21). The molecular weight excluding hydrogens is 298 g/mol. The highest BCUT2D eigenvalue weighted by Crippen LogP contribution is 2.24. The first-order valence-corrected chi connectivity index (χ1v) is 7.33. The lowest BCUT2D eigenvalue weighted by atomic mass is 9.96. The number of amides is 1.